The van der Waals surface area contributed by atoms with Gasteiger partial charge in [-0.05, 0) is 53.9 Å². The van der Waals surface area contributed by atoms with E-state index in [-0.39, 0.29) is 5.54 Å². The van der Waals surface area contributed by atoms with Crippen LogP contribution in [0.2, 0.25) is 0 Å². The Kier molecular flexibility index (Phi) is 13.4. The number of hydrogen-bond donors (Lipinski definition) is 0. The maximum atomic E-state index is 3.58. The third-order valence-corrected chi connectivity index (χ3v) is 5.73. The molecule has 0 aliphatic heterocycles. The molecule has 2 aliphatic rings. The summed E-state index contributed by atoms with van der Waals surface area (Å²) in [6.07, 6.45) is 19.9. The summed E-state index contributed by atoms with van der Waals surface area (Å²) < 4.78 is 0. The van der Waals surface area contributed by atoms with Crippen molar-refractivity contribution in [2.24, 2.45) is 0 Å². The van der Waals surface area contributed by atoms with Crippen molar-refractivity contribution >= 4 is 0 Å². The second kappa shape index (κ2) is 15.0. The van der Waals surface area contributed by atoms with Gasteiger partial charge < -0.3 is 0 Å². The Bertz CT molecular complexity index is 462. The SMILES string of the molecule is C1CCCCC1.CN(C)CC#CCCCCC#CC1(N(C)C)CCCCC1. The van der Waals surface area contributed by atoms with Crippen molar-refractivity contribution in [3.8, 4) is 23.7 Å². The van der Waals surface area contributed by atoms with Gasteiger partial charge in [-0.3, -0.25) is 9.80 Å². The van der Waals surface area contributed by atoms with Crippen molar-refractivity contribution in [1.29, 1.82) is 0 Å². The predicted octanol–water partition coefficient (Wildman–Crippen LogP) is 5.72. The van der Waals surface area contributed by atoms with Gasteiger partial charge in [-0.15, -0.1) is 11.8 Å². The molecule has 0 bridgehead atoms. The molecule has 0 amide bonds. The minimum atomic E-state index is 0.157. The summed E-state index contributed by atoms with van der Waals surface area (Å²) >= 11 is 0. The van der Waals surface area contributed by atoms with E-state index in [0.29, 0.717) is 0 Å². The largest absolute Gasteiger partial charge is 0.299 e. The highest BCUT2D eigenvalue weighted by atomic mass is 15.1. The van der Waals surface area contributed by atoms with Gasteiger partial charge >= 0.3 is 0 Å². The third kappa shape index (κ3) is 11.5. The molecule has 2 nitrogen and oxygen atoms in total. The van der Waals surface area contributed by atoms with Crippen molar-refractivity contribution in [2.75, 3.05) is 34.7 Å². The van der Waals surface area contributed by atoms with Gasteiger partial charge in [0.2, 0.25) is 0 Å². The van der Waals surface area contributed by atoms with Crippen LogP contribution in [0.3, 0.4) is 0 Å². The van der Waals surface area contributed by atoms with Crippen LogP contribution < -0.4 is 0 Å². The van der Waals surface area contributed by atoms with E-state index in [0.717, 1.165) is 19.4 Å². The molecule has 2 saturated carbocycles. The molecule has 0 saturated heterocycles. The molecular formula is C25H44N2. The Morgan fingerprint density at radius 2 is 1.11 bits per heavy atom. The quantitative estimate of drug-likeness (QED) is 0.450. The fourth-order valence-corrected chi connectivity index (χ4v) is 3.84. The van der Waals surface area contributed by atoms with Crippen LogP contribution in [0, 0.1) is 23.7 Å². The molecule has 0 atom stereocenters. The lowest BCUT2D eigenvalue weighted by atomic mass is 9.81. The smallest absolute Gasteiger partial charge is 0.0820 e. The Hall–Kier alpha value is -0.960. The summed E-state index contributed by atoms with van der Waals surface area (Å²) in [5.41, 5.74) is 0.157. The predicted molar refractivity (Wildman–Crippen MR) is 120 cm³/mol. The summed E-state index contributed by atoms with van der Waals surface area (Å²) in [7, 11) is 8.47. The molecule has 2 fully saturated rings. The first kappa shape index (κ1) is 24.1. The van der Waals surface area contributed by atoms with Gasteiger partial charge in [0.1, 0.15) is 0 Å². The van der Waals surface area contributed by atoms with Crippen molar-refractivity contribution in [3.63, 3.8) is 0 Å². The average Bonchev–Trinajstić information content (AvgIpc) is 2.69. The number of hydrogen-bond acceptors (Lipinski definition) is 2. The minimum Gasteiger partial charge on any atom is -0.299 e. The van der Waals surface area contributed by atoms with Crippen LogP contribution in [0.25, 0.3) is 0 Å². The van der Waals surface area contributed by atoms with Crippen LogP contribution >= 0.6 is 0 Å². The Labute approximate surface area is 170 Å². The zero-order valence-electron chi connectivity index (χ0n) is 18.7. The Balaban J connectivity index is 0.000000511. The lowest BCUT2D eigenvalue weighted by molar-refractivity contribution is 0.160. The molecule has 0 N–H and O–H groups in total. The highest BCUT2D eigenvalue weighted by Crippen LogP contribution is 2.31. The molecule has 27 heavy (non-hydrogen) atoms. The molecular weight excluding hydrogens is 328 g/mol. The fourth-order valence-electron chi connectivity index (χ4n) is 3.84. The van der Waals surface area contributed by atoms with Crippen molar-refractivity contribution in [1.82, 2.24) is 9.80 Å². The van der Waals surface area contributed by atoms with Gasteiger partial charge in [0.05, 0.1) is 12.1 Å². The van der Waals surface area contributed by atoms with Crippen LogP contribution in [0.4, 0.5) is 0 Å². The summed E-state index contributed by atoms with van der Waals surface area (Å²) in [6, 6.07) is 0. The van der Waals surface area contributed by atoms with Crippen LogP contribution in [-0.4, -0.2) is 50.1 Å². The summed E-state index contributed by atoms with van der Waals surface area (Å²) in [5.74, 6) is 13.4. The molecule has 154 valence electrons. The summed E-state index contributed by atoms with van der Waals surface area (Å²) in [4.78, 5) is 4.44. The van der Waals surface area contributed by atoms with E-state index in [2.05, 4.69) is 61.7 Å². The Morgan fingerprint density at radius 3 is 1.59 bits per heavy atom. The standard InChI is InChI=1S/C19H32N2.C6H12/c1-20(2)18-14-9-7-5-6-8-11-15-19(21(3)4)16-12-10-13-17-19;1-2-4-6-5-3-1/h5-8,10,12-13,16-18H2,1-4H3;1-6H2. The van der Waals surface area contributed by atoms with E-state index in [4.69, 9.17) is 0 Å². The van der Waals surface area contributed by atoms with Crippen LogP contribution in [0.1, 0.15) is 96.3 Å². The topological polar surface area (TPSA) is 6.48 Å². The minimum absolute atomic E-state index is 0.157. The second-order valence-electron chi connectivity index (χ2n) is 8.71. The molecule has 0 aromatic carbocycles. The molecule has 0 aromatic heterocycles. The van der Waals surface area contributed by atoms with E-state index < -0.39 is 0 Å². The van der Waals surface area contributed by atoms with E-state index in [1.54, 1.807) is 0 Å². The second-order valence-corrected chi connectivity index (χ2v) is 8.71. The molecule has 0 radical (unpaired) electrons. The highest BCUT2D eigenvalue weighted by Gasteiger charge is 2.31. The first-order valence-electron chi connectivity index (χ1n) is 11.3. The third-order valence-electron chi connectivity index (χ3n) is 5.73. The zero-order valence-corrected chi connectivity index (χ0v) is 18.7. The van der Waals surface area contributed by atoms with E-state index in [1.165, 1.54) is 83.5 Å². The van der Waals surface area contributed by atoms with Gasteiger partial charge in [-0.1, -0.05) is 69.6 Å². The van der Waals surface area contributed by atoms with E-state index >= 15 is 0 Å². The van der Waals surface area contributed by atoms with Gasteiger partial charge in [-0.2, -0.15) is 0 Å². The molecule has 2 rings (SSSR count). The van der Waals surface area contributed by atoms with Crippen molar-refractivity contribution < 1.29 is 0 Å². The lowest BCUT2D eigenvalue weighted by Crippen LogP contribution is -2.44. The molecule has 0 spiro atoms. The lowest BCUT2D eigenvalue weighted by Gasteiger charge is -2.38. The summed E-state index contributed by atoms with van der Waals surface area (Å²) in [5, 5.41) is 0. The monoisotopic (exact) mass is 372 g/mol. The van der Waals surface area contributed by atoms with Crippen LogP contribution in [-0.2, 0) is 0 Å². The van der Waals surface area contributed by atoms with Crippen LogP contribution in [0.15, 0.2) is 0 Å². The number of nitrogens with zero attached hydrogens (tertiary/aromatic N) is 2. The van der Waals surface area contributed by atoms with Gasteiger partial charge in [0, 0.05) is 12.8 Å². The normalized spacial score (nSPS) is 18.6. The van der Waals surface area contributed by atoms with E-state index in [1.807, 2.05) is 0 Å². The highest BCUT2D eigenvalue weighted by molar-refractivity contribution is 5.18. The van der Waals surface area contributed by atoms with Crippen molar-refractivity contribution in [3.05, 3.63) is 0 Å². The molecule has 2 aliphatic carbocycles. The average molecular weight is 373 g/mol. The van der Waals surface area contributed by atoms with Crippen molar-refractivity contribution in [2.45, 2.75) is 102 Å². The first-order valence-corrected chi connectivity index (χ1v) is 11.3. The van der Waals surface area contributed by atoms with E-state index in [9.17, 15) is 0 Å². The van der Waals surface area contributed by atoms with Gasteiger partial charge in [-0.25, -0.2) is 0 Å². The van der Waals surface area contributed by atoms with Gasteiger partial charge in [0.15, 0.2) is 0 Å². The molecule has 0 heterocycles. The van der Waals surface area contributed by atoms with Gasteiger partial charge in [0.25, 0.3) is 0 Å². The molecule has 2 heteroatoms. The molecule has 0 aromatic rings. The maximum Gasteiger partial charge on any atom is 0.0820 e. The molecule has 0 unspecified atom stereocenters. The number of rotatable bonds is 5. The fraction of sp³-hybridized carbons (Fsp3) is 0.840. The number of unbranched alkanes of at least 4 members (excludes halogenated alkanes) is 3. The Morgan fingerprint density at radius 1 is 0.630 bits per heavy atom. The zero-order chi connectivity index (χ0) is 19.8. The maximum absolute atomic E-state index is 3.58. The first-order chi connectivity index (χ1) is 13.1. The summed E-state index contributed by atoms with van der Waals surface area (Å²) in [6.45, 7) is 0.866. The van der Waals surface area contributed by atoms with Crippen LogP contribution in [0.5, 0.6) is 0 Å².